The highest BCUT2D eigenvalue weighted by atomic mass is 28.1. The SMILES string of the molecule is CN1CCN(c2ccc(-c3cc4nccnc4c(N[C@H]4CCCNCC4[Si])n3)cc2)CC1. The van der Waals surface area contributed by atoms with E-state index in [4.69, 9.17) is 4.98 Å². The summed E-state index contributed by atoms with van der Waals surface area (Å²) in [6.07, 6.45) is 5.69. The Kier molecular flexibility index (Phi) is 6.34. The Morgan fingerprint density at radius 3 is 2.66 bits per heavy atom. The number of nitrogens with zero attached hydrogens (tertiary/aromatic N) is 5. The van der Waals surface area contributed by atoms with E-state index in [0.29, 0.717) is 5.54 Å². The zero-order valence-electron chi connectivity index (χ0n) is 18.6. The number of likely N-dealkylation sites (N-methyl/N-ethyl adjacent to an activating group) is 1. The maximum Gasteiger partial charge on any atom is 0.155 e. The first-order chi connectivity index (χ1) is 15.7. The summed E-state index contributed by atoms with van der Waals surface area (Å²) < 4.78 is 0. The van der Waals surface area contributed by atoms with Gasteiger partial charge >= 0.3 is 0 Å². The predicted octanol–water partition coefficient (Wildman–Crippen LogP) is 2.56. The standard InChI is InChI=1S/C24H30N7Si/c1-30-11-13-31(14-12-30)18-6-4-17(5-7-18)20-15-21-23(27-10-9-26-21)24(29-20)28-19-3-2-8-25-16-22(19)32/h4-7,9-10,15,19,22,25H,2-3,8,11-14,16H2,1H3,(H,28,29)/t19-,22?/m0/s1. The van der Waals surface area contributed by atoms with E-state index < -0.39 is 0 Å². The highest BCUT2D eigenvalue weighted by Gasteiger charge is 2.22. The van der Waals surface area contributed by atoms with Gasteiger partial charge in [0.15, 0.2) is 5.82 Å². The first-order valence-corrected chi connectivity index (χ1v) is 12.1. The Balaban J connectivity index is 1.44. The summed E-state index contributed by atoms with van der Waals surface area (Å²) in [5, 5.41) is 7.15. The summed E-state index contributed by atoms with van der Waals surface area (Å²) in [6, 6.07) is 11.1. The summed E-state index contributed by atoms with van der Waals surface area (Å²) in [5.41, 5.74) is 5.30. The Labute approximate surface area is 193 Å². The summed E-state index contributed by atoms with van der Waals surface area (Å²) in [7, 11) is 6.08. The lowest BCUT2D eigenvalue weighted by molar-refractivity contribution is 0.313. The molecule has 8 heteroatoms. The smallest absolute Gasteiger partial charge is 0.155 e. The van der Waals surface area contributed by atoms with Gasteiger partial charge in [0.05, 0.1) is 11.2 Å². The first kappa shape index (κ1) is 21.3. The minimum absolute atomic E-state index is 0.286. The van der Waals surface area contributed by atoms with E-state index in [1.165, 1.54) is 5.69 Å². The minimum atomic E-state index is 0.286. The first-order valence-electron chi connectivity index (χ1n) is 11.5. The quantitative estimate of drug-likeness (QED) is 0.600. The van der Waals surface area contributed by atoms with Gasteiger partial charge in [-0.15, -0.1) is 0 Å². The van der Waals surface area contributed by atoms with Gasteiger partial charge in [-0.1, -0.05) is 12.1 Å². The van der Waals surface area contributed by atoms with Crippen molar-refractivity contribution >= 4 is 32.8 Å². The van der Waals surface area contributed by atoms with Crippen molar-refractivity contribution in [3.8, 4) is 11.3 Å². The van der Waals surface area contributed by atoms with Crippen LogP contribution in [0.1, 0.15) is 12.8 Å². The molecule has 0 spiro atoms. The topological polar surface area (TPSA) is 69.2 Å². The Morgan fingerprint density at radius 1 is 1.06 bits per heavy atom. The number of hydrogen-bond donors (Lipinski definition) is 2. The molecule has 32 heavy (non-hydrogen) atoms. The molecule has 2 fully saturated rings. The van der Waals surface area contributed by atoms with Crippen LogP contribution in [0.4, 0.5) is 11.5 Å². The molecule has 1 unspecified atom stereocenters. The number of nitrogens with one attached hydrogen (secondary N) is 2. The minimum Gasteiger partial charge on any atom is -0.369 e. The third-order valence-electron chi connectivity index (χ3n) is 6.53. The van der Waals surface area contributed by atoms with Crippen molar-refractivity contribution in [3.05, 3.63) is 42.7 Å². The van der Waals surface area contributed by atoms with Crippen LogP contribution in [0.15, 0.2) is 42.7 Å². The van der Waals surface area contributed by atoms with Gasteiger partial charge in [0, 0.05) is 66.1 Å². The average Bonchev–Trinajstić information content (AvgIpc) is 3.03. The van der Waals surface area contributed by atoms with Crippen LogP contribution in [0, 0.1) is 0 Å². The van der Waals surface area contributed by atoms with E-state index in [9.17, 15) is 0 Å². The van der Waals surface area contributed by atoms with E-state index in [2.05, 4.69) is 72.0 Å². The average molecular weight is 445 g/mol. The number of pyridine rings is 1. The fraction of sp³-hybridized carbons (Fsp3) is 0.458. The van der Waals surface area contributed by atoms with Crippen LogP contribution in [0.3, 0.4) is 0 Å². The molecule has 3 radical (unpaired) electrons. The molecule has 2 N–H and O–H groups in total. The largest absolute Gasteiger partial charge is 0.369 e. The van der Waals surface area contributed by atoms with Crippen LogP contribution < -0.4 is 15.5 Å². The molecule has 1 aromatic carbocycles. The molecule has 0 amide bonds. The van der Waals surface area contributed by atoms with Gasteiger partial charge in [0.25, 0.3) is 0 Å². The number of piperazine rings is 1. The molecule has 7 nitrogen and oxygen atoms in total. The maximum absolute atomic E-state index is 5.01. The molecule has 2 saturated heterocycles. The van der Waals surface area contributed by atoms with Crippen LogP contribution in [-0.4, -0.2) is 82.5 Å². The zero-order valence-corrected chi connectivity index (χ0v) is 19.6. The zero-order chi connectivity index (χ0) is 21.9. The molecule has 2 aromatic heterocycles. The molecule has 2 atom stereocenters. The van der Waals surface area contributed by atoms with Crippen LogP contribution in [0.5, 0.6) is 0 Å². The van der Waals surface area contributed by atoms with Gasteiger partial charge in [-0.3, -0.25) is 4.98 Å². The Morgan fingerprint density at radius 2 is 1.84 bits per heavy atom. The van der Waals surface area contributed by atoms with E-state index in [1.807, 2.05) is 6.07 Å². The molecule has 2 aliphatic heterocycles. The highest BCUT2D eigenvalue weighted by molar-refractivity contribution is 6.12. The number of rotatable bonds is 4. The molecule has 0 bridgehead atoms. The lowest BCUT2D eigenvalue weighted by Crippen LogP contribution is -2.44. The number of hydrogen-bond acceptors (Lipinski definition) is 7. The van der Waals surface area contributed by atoms with Crippen molar-refractivity contribution in [2.75, 3.05) is 56.5 Å². The van der Waals surface area contributed by atoms with Gasteiger partial charge in [-0.05, 0) is 56.7 Å². The number of benzene rings is 1. The van der Waals surface area contributed by atoms with Crippen molar-refractivity contribution in [2.45, 2.75) is 24.4 Å². The van der Waals surface area contributed by atoms with Crippen LogP contribution in [0.2, 0.25) is 5.54 Å². The van der Waals surface area contributed by atoms with E-state index in [1.54, 1.807) is 12.4 Å². The Hall–Kier alpha value is -2.55. The van der Waals surface area contributed by atoms with Crippen molar-refractivity contribution in [3.63, 3.8) is 0 Å². The van der Waals surface area contributed by atoms with Crippen LogP contribution in [-0.2, 0) is 0 Å². The molecule has 3 aromatic rings. The highest BCUT2D eigenvalue weighted by Crippen LogP contribution is 2.29. The summed E-state index contributed by atoms with van der Waals surface area (Å²) in [5.74, 6) is 0.809. The third-order valence-corrected chi connectivity index (χ3v) is 7.14. The summed E-state index contributed by atoms with van der Waals surface area (Å²) in [4.78, 5) is 19.0. The maximum atomic E-state index is 5.01. The van der Waals surface area contributed by atoms with Gasteiger partial charge < -0.3 is 20.4 Å². The number of aromatic nitrogens is 3. The molecule has 4 heterocycles. The number of anilines is 2. The van der Waals surface area contributed by atoms with Crippen LogP contribution in [0.25, 0.3) is 22.3 Å². The van der Waals surface area contributed by atoms with E-state index in [0.717, 1.165) is 80.2 Å². The Bertz CT molecular complexity index is 1050. The molecule has 5 rings (SSSR count). The third kappa shape index (κ3) is 4.62. The van der Waals surface area contributed by atoms with Crippen molar-refractivity contribution in [1.82, 2.24) is 25.2 Å². The predicted molar refractivity (Wildman–Crippen MR) is 131 cm³/mol. The summed E-state index contributed by atoms with van der Waals surface area (Å²) in [6.45, 7) is 6.33. The van der Waals surface area contributed by atoms with Gasteiger partial charge in [-0.25, -0.2) is 9.97 Å². The molecule has 0 saturated carbocycles. The van der Waals surface area contributed by atoms with Gasteiger partial charge in [-0.2, -0.15) is 0 Å². The van der Waals surface area contributed by atoms with E-state index in [-0.39, 0.29) is 6.04 Å². The molecule has 2 aliphatic rings. The molecule has 0 aliphatic carbocycles. The van der Waals surface area contributed by atoms with Crippen molar-refractivity contribution in [2.24, 2.45) is 0 Å². The fourth-order valence-electron chi connectivity index (χ4n) is 4.52. The van der Waals surface area contributed by atoms with E-state index >= 15 is 0 Å². The van der Waals surface area contributed by atoms with Crippen molar-refractivity contribution in [1.29, 1.82) is 0 Å². The monoisotopic (exact) mass is 444 g/mol. The van der Waals surface area contributed by atoms with Gasteiger partial charge in [0.1, 0.15) is 5.52 Å². The second-order valence-corrected chi connectivity index (χ2v) is 9.56. The normalized spacial score (nSPS) is 22.6. The number of fused-ring (bicyclic) bond motifs is 1. The van der Waals surface area contributed by atoms with Crippen LogP contribution >= 0.6 is 0 Å². The second kappa shape index (κ2) is 9.52. The van der Waals surface area contributed by atoms with Gasteiger partial charge in [0.2, 0.25) is 0 Å². The summed E-state index contributed by atoms with van der Waals surface area (Å²) >= 11 is 0. The lowest BCUT2D eigenvalue weighted by Gasteiger charge is -2.34. The second-order valence-electron chi connectivity index (χ2n) is 8.82. The molecular formula is C24H30N7Si. The van der Waals surface area contributed by atoms with Crippen molar-refractivity contribution < 1.29 is 0 Å². The lowest BCUT2D eigenvalue weighted by atomic mass is 10.1. The molecular weight excluding hydrogens is 414 g/mol. The molecule has 165 valence electrons. The fourth-order valence-corrected chi connectivity index (χ4v) is 4.92.